The van der Waals surface area contributed by atoms with Gasteiger partial charge >= 0.3 is 0 Å². The van der Waals surface area contributed by atoms with Gasteiger partial charge in [-0.15, -0.1) is 0 Å². The lowest BCUT2D eigenvalue weighted by molar-refractivity contribution is -0.134. The van der Waals surface area contributed by atoms with Crippen LogP contribution in [0.1, 0.15) is 25.3 Å². The number of ether oxygens (including phenoxy) is 1. The Balaban J connectivity index is 1.53. The van der Waals surface area contributed by atoms with Crippen molar-refractivity contribution < 1.29 is 18.7 Å². The SMILES string of the molecule is CCCCN(CC(=O)Nc1cc(-c2ccccc2)nn1-c1ccc(F)cc1)C(=O)Cc1ccc(OC)cc1. The van der Waals surface area contributed by atoms with Crippen molar-refractivity contribution in [1.29, 1.82) is 0 Å². The molecule has 0 spiro atoms. The first-order chi connectivity index (χ1) is 18.5. The van der Waals surface area contributed by atoms with E-state index in [9.17, 15) is 14.0 Å². The Morgan fingerprint density at radius 2 is 1.71 bits per heavy atom. The molecule has 1 N–H and O–H groups in total. The first-order valence-electron chi connectivity index (χ1n) is 12.6. The summed E-state index contributed by atoms with van der Waals surface area (Å²) in [6.45, 7) is 2.42. The monoisotopic (exact) mass is 514 g/mol. The molecule has 196 valence electrons. The van der Waals surface area contributed by atoms with Gasteiger partial charge < -0.3 is 15.0 Å². The van der Waals surface area contributed by atoms with E-state index in [0.717, 1.165) is 29.7 Å². The van der Waals surface area contributed by atoms with Gasteiger partial charge in [-0.25, -0.2) is 9.07 Å². The predicted molar refractivity (Wildman–Crippen MR) is 146 cm³/mol. The van der Waals surface area contributed by atoms with Crippen LogP contribution in [0.2, 0.25) is 0 Å². The third kappa shape index (κ3) is 6.85. The van der Waals surface area contributed by atoms with Crippen molar-refractivity contribution in [3.8, 4) is 22.7 Å². The Bertz CT molecular complexity index is 1350. The van der Waals surface area contributed by atoms with E-state index < -0.39 is 0 Å². The fraction of sp³-hybridized carbons (Fsp3) is 0.233. The van der Waals surface area contributed by atoms with Crippen LogP contribution in [-0.4, -0.2) is 46.7 Å². The molecule has 0 fully saturated rings. The van der Waals surface area contributed by atoms with Crippen LogP contribution in [-0.2, 0) is 16.0 Å². The second kappa shape index (κ2) is 12.7. The number of hydrogen-bond acceptors (Lipinski definition) is 4. The first kappa shape index (κ1) is 26.6. The molecule has 2 amide bonds. The molecule has 8 heteroatoms. The maximum absolute atomic E-state index is 13.6. The Morgan fingerprint density at radius 1 is 1.00 bits per heavy atom. The third-order valence-electron chi connectivity index (χ3n) is 6.10. The van der Waals surface area contributed by atoms with Crippen molar-refractivity contribution in [2.75, 3.05) is 25.5 Å². The molecular weight excluding hydrogens is 483 g/mol. The molecule has 1 aromatic heterocycles. The lowest BCUT2D eigenvalue weighted by atomic mass is 10.1. The summed E-state index contributed by atoms with van der Waals surface area (Å²) in [5, 5.41) is 7.57. The number of rotatable bonds is 11. The van der Waals surface area contributed by atoms with E-state index in [4.69, 9.17) is 4.74 Å². The number of aromatic nitrogens is 2. The van der Waals surface area contributed by atoms with E-state index in [1.54, 1.807) is 34.9 Å². The predicted octanol–water partition coefficient (Wildman–Crippen LogP) is 5.50. The number of unbranched alkanes of at least 4 members (excludes halogenated alkanes) is 1. The highest BCUT2D eigenvalue weighted by Crippen LogP contribution is 2.25. The van der Waals surface area contributed by atoms with Crippen LogP contribution in [0.15, 0.2) is 84.9 Å². The molecular formula is C30H31FN4O3. The maximum Gasteiger partial charge on any atom is 0.245 e. The summed E-state index contributed by atoms with van der Waals surface area (Å²) in [6, 6.07) is 24.5. The zero-order valence-electron chi connectivity index (χ0n) is 21.6. The van der Waals surface area contributed by atoms with E-state index in [-0.39, 0.29) is 30.6 Å². The second-order valence-corrected chi connectivity index (χ2v) is 8.91. The fourth-order valence-electron chi connectivity index (χ4n) is 4.03. The van der Waals surface area contributed by atoms with Gasteiger partial charge in [0.1, 0.15) is 17.4 Å². The van der Waals surface area contributed by atoms with Crippen molar-refractivity contribution >= 4 is 17.6 Å². The van der Waals surface area contributed by atoms with E-state index in [1.165, 1.54) is 12.1 Å². The number of amides is 2. The molecule has 7 nitrogen and oxygen atoms in total. The molecule has 0 saturated carbocycles. The van der Waals surface area contributed by atoms with Gasteiger partial charge in [-0.05, 0) is 48.4 Å². The van der Waals surface area contributed by atoms with Gasteiger partial charge in [0.25, 0.3) is 0 Å². The summed E-state index contributed by atoms with van der Waals surface area (Å²) in [6.07, 6.45) is 1.87. The van der Waals surface area contributed by atoms with E-state index in [2.05, 4.69) is 10.4 Å². The quantitative estimate of drug-likeness (QED) is 0.287. The van der Waals surface area contributed by atoms with Gasteiger partial charge in [0.05, 0.1) is 31.5 Å². The average Bonchev–Trinajstić information content (AvgIpc) is 3.35. The number of anilines is 1. The molecule has 0 aliphatic rings. The van der Waals surface area contributed by atoms with Crippen LogP contribution in [0.4, 0.5) is 10.2 Å². The van der Waals surface area contributed by atoms with Crippen LogP contribution in [0.25, 0.3) is 16.9 Å². The second-order valence-electron chi connectivity index (χ2n) is 8.91. The smallest absolute Gasteiger partial charge is 0.245 e. The van der Waals surface area contributed by atoms with Crippen molar-refractivity contribution in [3.63, 3.8) is 0 Å². The lowest BCUT2D eigenvalue weighted by Crippen LogP contribution is -2.39. The molecule has 0 unspecified atom stereocenters. The molecule has 4 rings (SSSR count). The molecule has 0 aliphatic heterocycles. The maximum atomic E-state index is 13.6. The fourth-order valence-corrected chi connectivity index (χ4v) is 4.03. The van der Waals surface area contributed by atoms with Crippen molar-refractivity contribution in [3.05, 3.63) is 96.3 Å². The van der Waals surface area contributed by atoms with Crippen LogP contribution in [0.5, 0.6) is 5.75 Å². The normalized spacial score (nSPS) is 10.7. The lowest BCUT2D eigenvalue weighted by Gasteiger charge is -2.22. The van der Waals surface area contributed by atoms with Gasteiger partial charge in [0.2, 0.25) is 11.8 Å². The minimum atomic E-state index is -0.364. The third-order valence-corrected chi connectivity index (χ3v) is 6.10. The Morgan fingerprint density at radius 3 is 2.37 bits per heavy atom. The zero-order chi connectivity index (χ0) is 26.9. The van der Waals surface area contributed by atoms with Crippen LogP contribution in [0, 0.1) is 5.82 Å². The van der Waals surface area contributed by atoms with Gasteiger partial charge in [0, 0.05) is 18.2 Å². The number of halogens is 1. The summed E-state index contributed by atoms with van der Waals surface area (Å²) < 4.78 is 20.3. The highest BCUT2D eigenvalue weighted by Gasteiger charge is 2.20. The Kier molecular flexibility index (Phi) is 8.87. The Labute approximate surface area is 221 Å². The van der Waals surface area contributed by atoms with Gasteiger partial charge in [-0.1, -0.05) is 55.8 Å². The van der Waals surface area contributed by atoms with Crippen molar-refractivity contribution in [2.24, 2.45) is 0 Å². The molecule has 0 bridgehead atoms. The van der Waals surface area contributed by atoms with Gasteiger partial charge in [-0.3, -0.25) is 9.59 Å². The van der Waals surface area contributed by atoms with Crippen molar-refractivity contribution in [2.45, 2.75) is 26.2 Å². The standard InChI is InChI=1S/C30H31FN4O3/c1-3-4-18-34(30(37)19-22-10-16-26(38-2)17-11-22)21-29(36)32-28-20-27(23-8-6-5-7-9-23)33-35(28)25-14-12-24(31)13-15-25/h5-17,20H,3-4,18-19,21H2,1-2H3,(H,32,36). The number of benzene rings is 3. The van der Waals surface area contributed by atoms with Crippen LogP contribution < -0.4 is 10.1 Å². The van der Waals surface area contributed by atoms with Gasteiger partial charge in [-0.2, -0.15) is 5.10 Å². The molecule has 0 saturated heterocycles. The minimum absolute atomic E-state index is 0.0930. The number of carbonyl (C=O) groups is 2. The van der Waals surface area contributed by atoms with Gasteiger partial charge in [0.15, 0.2) is 0 Å². The summed E-state index contributed by atoms with van der Waals surface area (Å²) in [4.78, 5) is 27.9. The molecule has 1 heterocycles. The summed E-state index contributed by atoms with van der Waals surface area (Å²) in [5.41, 5.74) is 2.98. The van der Waals surface area contributed by atoms with Crippen molar-refractivity contribution in [1.82, 2.24) is 14.7 Å². The van der Waals surface area contributed by atoms with E-state index in [0.29, 0.717) is 23.7 Å². The highest BCUT2D eigenvalue weighted by atomic mass is 19.1. The molecule has 0 radical (unpaired) electrons. The topological polar surface area (TPSA) is 76.5 Å². The molecule has 38 heavy (non-hydrogen) atoms. The highest BCUT2D eigenvalue weighted by molar-refractivity contribution is 5.95. The molecule has 4 aromatic rings. The largest absolute Gasteiger partial charge is 0.497 e. The summed E-state index contributed by atoms with van der Waals surface area (Å²) in [5.74, 6) is 0.314. The summed E-state index contributed by atoms with van der Waals surface area (Å²) >= 11 is 0. The number of nitrogens with one attached hydrogen (secondary N) is 1. The number of methoxy groups -OCH3 is 1. The number of nitrogens with zero attached hydrogens (tertiary/aromatic N) is 3. The van der Waals surface area contributed by atoms with E-state index in [1.807, 2.05) is 61.5 Å². The molecule has 3 aromatic carbocycles. The Hall–Kier alpha value is -4.46. The first-order valence-corrected chi connectivity index (χ1v) is 12.6. The number of hydrogen-bond donors (Lipinski definition) is 1. The average molecular weight is 515 g/mol. The van der Waals surface area contributed by atoms with Crippen LogP contribution >= 0.6 is 0 Å². The molecule has 0 atom stereocenters. The zero-order valence-corrected chi connectivity index (χ0v) is 21.6. The van der Waals surface area contributed by atoms with E-state index >= 15 is 0 Å². The van der Waals surface area contributed by atoms with Crippen LogP contribution in [0.3, 0.4) is 0 Å². The number of carbonyl (C=O) groups excluding carboxylic acids is 2. The summed E-state index contributed by atoms with van der Waals surface area (Å²) in [7, 11) is 1.59. The minimum Gasteiger partial charge on any atom is -0.497 e. The molecule has 0 aliphatic carbocycles.